The number of aromatic nitrogens is 2. The summed E-state index contributed by atoms with van der Waals surface area (Å²) in [5, 5.41) is 21.0. The molecule has 218 valence electrons. The van der Waals surface area contributed by atoms with E-state index < -0.39 is 12.1 Å². The van der Waals surface area contributed by atoms with Gasteiger partial charge in [0, 0.05) is 67.5 Å². The Kier molecular flexibility index (Phi) is 9.63. The molecule has 2 heterocycles. The van der Waals surface area contributed by atoms with Gasteiger partial charge in [-0.15, -0.1) is 0 Å². The normalized spacial score (nSPS) is 14.5. The van der Waals surface area contributed by atoms with Crippen LogP contribution in [0.1, 0.15) is 41.3 Å². The van der Waals surface area contributed by atoms with Crippen molar-refractivity contribution in [1.29, 1.82) is 0 Å². The van der Waals surface area contributed by atoms with Crippen LogP contribution in [0.4, 0.5) is 11.4 Å². The number of nitrogens with one attached hydrogen (secondary N) is 4. The number of imidazole rings is 1. The minimum Gasteiger partial charge on any atom is -0.390 e. The lowest BCUT2D eigenvalue weighted by atomic mass is 10.00. The number of rotatable bonds is 13. The third-order valence-electron chi connectivity index (χ3n) is 7.41. The first kappa shape index (κ1) is 29.0. The summed E-state index contributed by atoms with van der Waals surface area (Å²) in [6.45, 7) is 4.15. The van der Waals surface area contributed by atoms with Gasteiger partial charge in [0.2, 0.25) is 5.91 Å². The number of carbonyl (C=O) groups excluding carboxylic acids is 2. The maximum Gasteiger partial charge on any atom is 0.251 e. The zero-order chi connectivity index (χ0) is 29.3. The van der Waals surface area contributed by atoms with Crippen LogP contribution in [0.15, 0.2) is 85.2 Å². The summed E-state index contributed by atoms with van der Waals surface area (Å²) in [6, 6.07) is 22.8. The van der Waals surface area contributed by atoms with Crippen LogP contribution >= 0.6 is 0 Å². The maximum atomic E-state index is 13.6. The molecule has 0 saturated carbocycles. The van der Waals surface area contributed by atoms with Crippen molar-refractivity contribution in [3.8, 4) is 11.4 Å². The van der Waals surface area contributed by atoms with E-state index in [-0.39, 0.29) is 18.4 Å². The van der Waals surface area contributed by atoms with Crippen molar-refractivity contribution in [2.24, 2.45) is 0 Å². The molecule has 0 unspecified atom stereocenters. The van der Waals surface area contributed by atoms with E-state index in [9.17, 15) is 14.7 Å². The zero-order valence-corrected chi connectivity index (χ0v) is 23.8. The Morgan fingerprint density at radius 2 is 1.90 bits per heavy atom. The van der Waals surface area contributed by atoms with Crippen LogP contribution in [0, 0.1) is 0 Å². The van der Waals surface area contributed by atoms with Crippen molar-refractivity contribution < 1.29 is 14.7 Å². The number of amides is 2. The van der Waals surface area contributed by atoms with Gasteiger partial charge in [0.05, 0.1) is 12.1 Å². The zero-order valence-electron chi connectivity index (χ0n) is 23.8. The number of nitrogens with zero attached hydrogens (tertiary/aromatic N) is 2. The highest BCUT2D eigenvalue weighted by Crippen LogP contribution is 2.27. The summed E-state index contributed by atoms with van der Waals surface area (Å²) in [6.07, 6.45) is 4.45. The third kappa shape index (κ3) is 7.43. The smallest absolute Gasteiger partial charge is 0.251 e. The summed E-state index contributed by atoms with van der Waals surface area (Å²) in [7, 11) is 0. The van der Waals surface area contributed by atoms with E-state index >= 15 is 0 Å². The molecule has 5 N–H and O–H groups in total. The summed E-state index contributed by atoms with van der Waals surface area (Å²) < 4.78 is 0. The molecule has 0 bridgehead atoms. The standard InChI is InChI=1S/C33H38N6O3/c1-2-35-27-18-26(19-28(20-27)39-15-7-12-31(39)41)33(42)38-29(17-23-8-4-3-5-9-23)30(40)22-34-21-24-10-6-11-25(16-24)32-36-13-14-37-32/h3-6,8-11,13-14,16,18-20,29-30,34-35,40H,2,7,12,15,17,21-22H2,1H3,(H,36,37)(H,38,42)/t29-,30+/m0/s1. The highest BCUT2D eigenvalue weighted by molar-refractivity contribution is 6.00. The monoisotopic (exact) mass is 566 g/mol. The Labute approximate surface area is 246 Å². The Bertz CT molecular complexity index is 1470. The van der Waals surface area contributed by atoms with Gasteiger partial charge in [-0.1, -0.05) is 48.5 Å². The quantitative estimate of drug-likeness (QED) is 0.166. The molecule has 0 spiro atoms. The fraction of sp³-hybridized carbons (Fsp3) is 0.303. The second-order valence-corrected chi connectivity index (χ2v) is 10.6. The van der Waals surface area contributed by atoms with E-state index in [0.29, 0.717) is 43.7 Å². The largest absolute Gasteiger partial charge is 0.390 e. The number of hydrogen-bond acceptors (Lipinski definition) is 6. The predicted molar refractivity (Wildman–Crippen MR) is 165 cm³/mol. The number of aromatic amines is 1. The van der Waals surface area contributed by atoms with Gasteiger partial charge in [-0.25, -0.2) is 4.98 Å². The molecule has 0 aliphatic carbocycles. The van der Waals surface area contributed by atoms with Crippen molar-refractivity contribution in [2.75, 3.05) is 29.9 Å². The first-order valence-corrected chi connectivity index (χ1v) is 14.5. The minimum atomic E-state index is -0.848. The number of aliphatic hydroxyl groups is 1. The SMILES string of the molecule is CCNc1cc(C(=O)N[C@@H](Cc2ccccc2)[C@H](O)CNCc2cccc(-c3ncc[nH]3)c2)cc(N2CCCC2=O)c1. The van der Waals surface area contributed by atoms with E-state index in [2.05, 4.69) is 32.0 Å². The number of hydrogen-bond donors (Lipinski definition) is 5. The lowest BCUT2D eigenvalue weighted by molar-refractivity contribution is -0.117. The molecule has 1 aromatic heterocycles. The van der Waals surface area contributed by atoms with Crippen molar-refractivity contribution in [2.45, 2.75) is 44.9 Å². The average molecular weight is 567 g/mol. The number of aliphatic hydroxyl groups excluding tert-OH is 1. The number of benzene rings is 3. The van der Waals surface area contributed by atoms with Crippen LogP contribution in [0.3, 0.4) is 0 Å². The molecule has 4 aromatic rings. The number of carbonyl (C=O) groups is 2. The van der Waals surface area contributed by atoms with E-state index in [1.165, 1.54) is 0 Å². The maximum absolute atomic E-state index is 13.6. The second kappa shape index (κ2) is 13.9. The van der Waals surface area contributed by atoms with E-state index in [1.807, 2.05) is 61.5 Å². The van der Waals surface area contributed by atoms with Gasteiger partial charge in [0.25, 0.3) is 5.91 Å². The van der Waals surface area contributed by atoms with Gasteiger partial charge >= 0.3 is 0 Å². The third-order valence-corrected chi connectivity index (χ3v) is 7.41. The molecule has 9 nitrogen and oxygen atoms in total. The van der Waals surface area contributed by atoms with Gasteiger partial charge in [-0.3, -0.25) is 9.59 Å². The van der Waals surface area contributed by atoms with Crippen LogP contribution in [0.5, 0.6) is 0 Å². The van der Waals surface area contributed by atoms with Crippen LogP contribution in [0.2, 0.25) is 0 Å². The first-order chi connectivity index (χ1) is 20.5. The molecular formula is C33H38N6O3. The Morgan fingerprint density at radius 3 is 2.64 bits per heavy atom. The van der Waals surface area contributed by atoms with Crippen LogP contribution in [0.25, 0.3) is 11.4 Å². The Morgan fingerprint density at radius 1 is 1.07 bits per heavy atom. The Balaban J connectivity index is 1.29. The number of H-pyrrole nitrogens is 1. The average Bonchev–Trinajstić information content (AvgIpc) is 3.70. The van der Waals surface area contributed by atoms with Gasteiger partial charge < -0.3 is 30.9 Å². The molecule has 42 heavy (non-hydrogen) atoms. The van der Waals surface area contributed by atoms with Crippen molar-refractivity contribution in [1.82, 2.24) is 20.6 Å². The molecule has 9 heteroatoms. The van der Waals surface area contributed by atoms with Crippen molar-refractivity contribution in [3.05, 3.63) is 102 Å². The van der Waals surface area contributed by atoms with Crippen molar-refractivity contribution in [3.63, 3.8) is 0 Å². The molecule has 1 aliphatic rings. The minimum absolute atomic E-state index is 0.0631. The molecule has 5 rings (SSSR count). The Hall–Kier alpha value is -4.47. The van der Waals surface area contributed by atoms with Gasteiger partial charge in [0.15, 0.2) is 0 Å². The van der Waals surface area contributed by atoms with E-state index in [4.69, 9.17) is 0 Å². The van der Waals surface area contributed by atoms with Crippen LogP contribution < -0.4 is 20.9 Å². The van der Waals surface area contributed by atoms with Gasteiger partial charge in [0.1, 0.15) is 5.82 Å². The predicted octanol–water partition coefficient (Wildman–Crippen LogP) is 4.13. The summed E-state index contributed by atoms with van der Waals surface area (Å²) in [5.74, 6) is 0.569. The highest BCUT2D eigenvalue weighted by atomic mass is 16.3. The lowest BCUT2D eigenvalue weighted by Crippen LogP contribution is -2.48. The molecule has 2 atom stereocenters. The fourth-order valence-electron chi connectivity index (χ4n) is 5.29. The molecule has 3 aromatic carbocycles. The van der Waals surface area contributed by atoms with E-state index in [1.54, 1.807) is 29.4 Å². The molecule has 1 saturated heterocycles. The second-order valence-electron chi connectivity index (χ2n) is 10.6. The lowest BCUT2D eigenvalue weighted by Gasteiger charge is -2.25. The summed E-state index contributed by atoms with van der Waals surface area (Å²) in [5.41, 5.74) is 4.99. The topological polar surface area (TPSA) is 122 Å². The van der Waals surface area contributed by atoms with Crippen LogP contribution in [-0.4, -0.2) is 58.7 Å². The highest BCUT2D eigenvalue weighted by Gasteiger charge is 2.26. The molecule has 1 fully saturated rings. The summed E-state index contributed by atoms with van der Waals surface area (Å²) >= 11 is 0. The number of anilines is 2. The summed E-state index contributed by atoms with van der Waals surface area (Å²) in [4.78, 5) is 35.2. The van der Waals surface area contributed by atoms with E-state index in [0.717, 1.165) is 34.6 Å². The van der Waals surface area contributed by atoms with Gasteiger partial charge in [-0.05, 0) is 55.2 Å². The molecular weight excluding hydrogens is 528 g/mol. The van der Waals surface area contributed by atoms with Crippen LogP contribution in [-0.2, 0) is 17.8 Å². The fourth-order valence-corrected chi connectivity index (χ4v) is 5.29. The first-order valence-electron chi connectivity index (χ1n) is 14.5. The van der Waals surface area contributed by atoms with Crippen molar-refractivity contribution >= 4 is 23.2 Å². The van der Waals surface area contributed by atoms with Gasteiger partial charge in [-0.2, -0.15) is 0 Å². The molecule has 0 radical (unpaired) electrons. The molecule has 2 amide bonds. The molecule has 1 aliphatic heterocycles.